The lowest BCUT2D eigenvalue weighted by Crippen LogP contribution is -1.88. The van der Waals surface area contributed by atoms with E-state index in [4.69, 9.17) is 9.56 Å². The molecule has 0 fully saturated rings. The topological polar surface area (TPSA) is 18.5 Å². The standard InChI is InChI=1S/C5H13O2P/c1-4-6-7-8(3)5-2/h4-5H2,1-3H3. The molecule has 0 aliphatic rings. The van der Waals surface area contributed by atoms with Gasteiger partial charge in [0, 0.05) is 0 Å². The molecule has 0 aromatic carbocycles. The van der Waals surface area contributed by atoms with Crippen molar-refractivity contribution >= 4 is 8.15 Å². The maximum Gasteiger partial charge on any atom is 0.0797 e. The third-order valence-corrected chi connectivity index (χ3v) is 1.99. The van der Waals surface area contributed by atoms with Crippen LogP contribution in [0.15, 0.2) is 0 Å². The highest BCUT2D eigenvalue weighted by molar-refractivity contribution is 7.51. The minimum Gasteiger partial charge on any atom is -0.234 e. The number of hydrogen-bond acceptors (Lipinski definition) is 2. The normalized spacial score (nSPS) is 13.9. The second-order valence-electron chi connectivity index (χ2n) is 1.43. The average Bonchev–Trinajstić information content (AvgIpc) is 1.83. The van der Waals surface area contributed by atoms with Crippen molar-refractivity contribution in [1.82, 2.24) is 0 Å². The molecule has 3 heteroatoms. The van der Waals surface area contributed by atoms with Gasteiger partial charge in [-0.25, -0.2) is 9.56 Å². The van der Waals surface area contributed by atoms with Gasteiger partial charge in [0.2, 0.25) is 0 Å². The van der Waals surface area contributed by atoms with Crippen LogP contribution in [0.1, 0.15) is 13.8 Å². The van der Waals surface area contributed by atoms with Crippen LogP contribution in [0.25, 0.3) is 0 Å². The van der Waals surface area contributed by atoms with E-state index >= 15 is 0 Å². The number of rotatable bonds is 4. The van der Waals surface area contributed by atoms with Crippen molar-refractivity contribution in [3.63, 3.8) is 0 Å². The van der Waals surface area contributed by atoms with Gasteiger partial charge in [0.15, 0.2) is 0 Å². The summed E-state index contributed by atoms with van der Waals surface area (Å²) in [6.45, 7) is 6.70. The van der Waals surface area contributed by atoms with Crippen molar-refractivity contribution in [2.45, 2.75) is 13.8 Å². The van der Waals surface area contributed by atoms with Crippen molar-refractivity contribution in [2.75, 3.05) is 19.4 Å². The molecule has 0 N–H and O–H groups in total. The van der Waals surface area contributed by atoms with Crippen LogP contribution in [-0.2, 0) is 9.56 Å². The molecule has 0 radical (unpaired) electrons. The van der Waals surface area contributed by atoms with Crippen LogP contribution in [0.4, 0.5) is 0 Å². The van der Waals surface area contributed by atoms with Gasteiger partial charge in [-0.1, -0.05) is 6.92 Å². The van der Waals surface area contributed by atoms with E-state index in [2.05, 4.69) is 6.92 Å². The van der Waals surface area contributed by atoms with E-state index in [9.17, 15) is 0 Å². The van der Waals surface area contributed by atoms with Crippen LogP contribution in [0.5, 0.6) is 0 Å². The van der Waals surface area contributed by atoms with Crippen LogP contribution in [0.3, 0.4) is 0 Å². The lowest BCUT2D eigenvalue weighted by molar-refractivity contribution is -0.194. The maximum atomic E-state index is 4.91. The van der Waals surface area contributed by atoms with Crippen molar-refractivity contribution < 1.29 is 9.56 Å². The molecule has 2 nitrogen and oxygen atoms in total. The second kappa shape index (κ2) is 5.49. The molecular formula is C5H13O2P. The summed E-state index contributed by atoms with van der Waals surface area (Å²) in [5.41, 5.74) is 0. The van der Waals surface area contributed by atoms with Crippen molar-refractivity contribution in [1.29, 1.82) is 0 Å². The molecule has 1 atom stereocenters. The van der Waals surface area contributed by atoms with Gasteiger partial charge in [0.1, 0.15) is 0 Å². The molecule has 0 spiro atoms. The van der Waals surface area contributed by atoms with Gasteiger partial charge in [0.25, 0.3) is 0 Å². The van der Waals surface area contributed by atoms with Crippen molar-refractivity contribution in [2.24, 2.45) is 0 Å². The molecule has 0 bridgehead atoms. The highest BCUT2D eigenvalue weighted by atomic mass is 31.1. The molecular weight excluding hydrogens is 123 g/mol. The average molecular weight is 136 g/mol. The molecule has 0 aromatic rings. The van der Waals surface area contributed by atoms with E-state index in [0.717, 1.165) is 6.16 Å². The minimum atomic E-state index is -0.306. The summed E-state index contributed by atoms with van der Waals surface area (Å²) in [4.78, 5) is 4.71. The van der Waals surface area contributed by atoms with E-state index in [1.807, 2.05) is 13.6 Å². The number of hydrogen-bond donors (Lipinski definition) is 0. The Morgan fingerprint density at radius 3 is 2.38 bits per heavy atom. The van der Waals surface area contributed by atoms with E-state index in [0.29, 0.717) is 6.61 Å². The molecule has 0 aliphatic heterocycles. The zero-order valence-electron chi connectivity index (χ0n) is 5.68. The minimum absolute atomic E-state index is 0.306. The Morgan fingerprint density at radius 2 is 2.00 bits per heavy atom. The second-order valence-corrected chi connectivity index (χ2v) is 3.46. The smallest absolute Gasteiger partial charge is 0.0797 e. The summed E-state index contributed by atoms with van der Waals surface area (Å²) >= 11 is 0. The first-order chi connectivity index (χ1) is 3.81. The fourth-order valence-electron chi connectivity index (χ4n) is 0.195. The lowest BCUT2D eigenvalue weighted by atomic mass is 10.9. The van der Waals surface area contributed by atoms with Crippen molar-refractivity contribution in [3.8, 4) is 0 Å². The molecule has 0 heterocycles. The molecule has 0 amide bonds. The molecule has 0 saturated heterocycles. The Labute approximate surface area is 51.9 Å². The first-order valence-corrected chi connectivity index (χ1v) is 4.71. The highest BCUT2D eigenvalue weighted by Gasteiger charge is 1.95. The van der Waals surface area contributed by atoms with Crippen LogP contribution in [-0.4, -0.2) is 19.4 Å². The van der Waals surface area contributed by atoms with Crippen LogP contribution in [0, 0.1) is 0 Å². The van der Waals surface area contributed by atoms with Gasteiger partial charge in [-0.2, -0.15) is 0 Å². The molecule has 8 heavy (non-hydrogen) atoms. The molecule has 0 saturated carbocycles. The van der Waals surface area contributed by atoms with E-state index in [1.165, 1.54) is 0 Å². The van der Waals surface area contributed by atoms with Crippen molar-refractivity contribution in [3.05, 3.63) is 0 Å². The molecule has 50 valence electrons. The van der Waals surface area contributed by atoms with Crippen LogP contribution < -0.4 is 0 Å². The van der Waals surface area contributed by atoms with Gasteiger partial charge in [0.05, 0.1) is 14.8 Å². The maximum absolute atomic E-state index is 4.91. The summed E-state index contributed by atoms with van der Waals surface area (Å²) in [5, 5.41) is 0. The van der Waals surface area contributed by atoms with E-state index < -0.39 is 0 Å². The SMILES string of the molecule is CCOOP(C)CC. The Morgan fingerprint density at radius 1 is 1.38 bits per heavy atom. The predicted octanol–water partition coefficient (Wildman–Crippen LogP) is 2.00. The van der Waals surface area contributed by atoms with E-state index in [-0.39, 0.29) is 8.15 Å². The Balaban J connectivity index is 2.86. The fraction of sp³-hybridized carbons (Fsp3) is 1.00. The monoisotopic (exact) mass is 136 g/mol. The molecule has 0 aliphatic carbocycles. The Hall–Kier alpha value is 0.350. The third kappa shape index (κ3) is 4.51. The molecule has 0 rings (SSSR count). The van der Waals surface area contributed by atoms with Gasteiger partial charge >= 0.3 is 0 Å². The van der Waals surface area contributed by atoms with Gasteiger partial charge in [-0.15, -0.1) is 0 Å². The summed E-state index contributed by atoms with van der Waals surface area (Å²) in [5.74, 6) is 0. The largest absolute Gasteiger partial charge is 0.234 e. The summed E-state index contributed by atoms with van der Waals surface area (Å²) in [6.07, 6.45) is 1.06. The van der Waals surface area contributed by atoms with Crippen LogP contribution >= 0.6 is 8.15 Å². The third-order valence-electron chi connectivity index (χ3n) is 0.743. The molecule has 1 unspecified atom stereocenters. The van der Waals surface area contributed by atoms with Gasteiger partial charge in [-0.05, 0) is 19.8 Å². The summed E-state index contributed by atoms with van der Waals surface area (Å²) in [7, 11) is -0.306. The van der Waals surface area contributed by atoms with Gasteiger partial charge < -0.3 is 0 Å². The Kier molecular flexibility index (Phi) is 5.73. The lowest BCUT2D eigenvalue weighted by Gasteiger charge is -2.05. The zero-order valence-corrected chi connectivity index (χ0v) is 6.57. The predicted molar refractivity (Wildman–Crippen MR) is 36.1 cm³/mol. The van der Waals surface area contributed by atoms with Crippen LogP contribution in [0.2, 0.25) is 0 Å². The zero-order chi connectivity index (χ0) is 6.41. The summed E-state index contributed by atoms with van der Waals surface area (Å²) < 4.78 is 4.91. The fourth-order valence-corrected chi connectivity index (χ4v) is 0.586. The quantitative estimate of drug-likeness (QED) is 0.334. The first-order valence-electron chi connectivity index (χ1n) is 2.82. The Bertz CT molecular complexity index is 49.7. The van der Waals surface area contributed by atoms with E-state index in [1.54, 1.807) is 0 Å². The summed E-state index contributed by atoms with van der Waals surface area (Å²) in [6, 6.07) is 0. The molecule has 0 aromatic heterocycles. The first kappa shape index (κ1) is 8.35. The van der Waals surface area contributed by atoms with Gasteiger partial charge in [-0.3, -0.25) is 0 Å². The highest BCUT2D eigenvalue weighted by Crippen LogP contribution is 2.30.